The molecule has 6 aromatic rings. The number of carbonyl (C=O) groups is 6. The number of hydrogen-bond donors (Lipinski definition) is 0. The van der Waals surface area contributed by atoms with Gasteiger partial charge in [0.05, 0.1) is 20.0 Å². The second-order valence-electron chi connectivity index (χ2n) is 16.1. The summed E-state index contributed by atoms with van der Waals surface area (Å²) in [6, 6.07) is 18.0. The first kappa shape index (κ1) is 39.2. The van der Waals surface area contributed by atoms with Crippen LogP contribution in [0.3, 0.4) is 0 Å². The number of benzene rings is 2. The van der Waals surface area contributed by atoms with Crippen LogP contribution in [0.2, 0.25) is 0 Å². The van der Waals surface area contributed by atoms with E-state index >= 15 is 0 Å². The van der Waals surface area contributed by atoms with Crippen LogP contribution >= 0.6 is 45.3 Å². The third-order valence-electron chi connectivity index (χ3n) is 12.5. The van der Waals surface area contributed by atoms with Gasteiger partial charge >= 0.3 is 17.5 Å². The number of thiazole rings is 2. The largest absolute Gasteiger partial charge is 0.457 e. The molecule has 5 aliphatic rings. The van der Waals surface area contributed by atoms with Crippen molar-refractivity contribution in [3.05, 3.63) is 77.4 Å². The highest BCUT2D eigenvalue weighted by Gasteiger charge is 2.61. The third-order valence-corrected chi connectivity index (χ3v) is 17.0. The minimum absolute atomic E-state index is 0.0904. The Labute approximate surface area is 368 Å². The van der Waals surface area contributed by atoms with Crippen LogP contribution in [0, 0.1) is 23.7 Å². The van der Waals surface area contributed by atoms with E-state index in [0.717, 1.165) is 48.4 Å². The molecule has 4 unspecified atom stereocenters. The number of thiophene rings is 2. The van der Waals surface area contributed by atoms with E-state index in [1.807, 2.05) is 12.1 Å². The lowest BCUT2D eigenvalue weighted by molar-refractivity contribution is -0.183. The van der Waals surface area contributed by atoms with Crippen molar-refractivity contribution >= 4 is 121 Å². The van der Waals surface area contributed by atoms with Crippen molar-refractivity contribution in [2.24, 2.45) is 33.7 Å². The molecule has 0 amide bonds. The molecule has 0 radical (unpaired) electrons. The zero-order chi connectivity index (χ0) is 42.3. The number of carbonyl (C=O) groups excluding carboxylic acids is 6. The summed E-state index contributed by atoms with van der Waals surface area (Å²) in [6.07, 6.45) is 6.15. The molecular formula is C45H34N4O9S4. The van der Waals surface area contributed by atoms with Crippen LogP contribution in [0.4, 0.5) is 10.3 Å². The van der Waals surface area contributed by atoms with Crippen LogP contribution < -0.4 is 4.74 Å². The van der Waals surface area contributed by atoms with E-state index in [0.29, 0.717) is 65.6 Å². The predicted octanol–water partition coefficient (Wildman–Crippen LogP) is 8.83. The molecule has 0 N–H and O–H groups in total. The van der Waals surface area contributed by atoms with Gasteiger partial charge in [-0.1, -0.05) is 109 Å². The van der Waals surface area contributed by atoms with E-state index in [2.05, 4.69) is 9.98 Å². The highest BCUT2D eigenvalue weighted by atomic mass is 32.1. The molecule has 13 nitrogen and oxygen atoms in total. The van der Waals surface area contributed by atoms with Crippen molar-refractivity contribution < 1.29 is 43.0 Å². The zero-order valence-electron chi connectivity index (χ0n) is 32.8. The molecule has 2 aromatic carbocycles. The number of aliphatic imine (C=N–C) groups is 2. The lowest BCUT2D eigenvalue weighted by Gasteiger charge is -2.33. The van der Waals surface area contributed by atoms with Crippen LogP contribution in [-0.2, 0) is 57.1 Å². The van der Waals surface area contributed by atoms with E-state index < -0.39 is 17.5 Å². The Morgan fingerprint density at radius 2 is 1.02 bits per heavy atom. The number of hydrogen-bond acceptors (Lipinski definition) is 17. The number of rotatable bonds is 8. The zero-order valence-corrected chi connectivity index (χ0v) is 36.0. The monoisotopic (exact) mass is 902 g/mol. The van der Waals surface area contributed by atoms with E-state index in [-0.39, 0.29) is 93.0 Å². The minimum atomic E-state index is -2.54. The number of esters is 2. The summed E-state index contributed by atoms with van der Waals surface area (Å²) < 4.78 is 19.6. The maximum Gasteiger partial charge on any atom is 0.367 e. The third kappa shape index (κ3) is 6.26. The van der Waals surface area contributed by atoms with Gasteiger partial charge in [-0.3, -0.25) is 19.2 Å². The molecule has 4 aromatic heterocycles. The van der Waals surface area contributed by atoms with Crippen LogP contribution in [0.5, 0.6) is 5.75 Å². The average molecular weight is 903 g/mol. The smallest absolute Gasteiger partial charge is 0.367 e. The Kier molecular flexibility index (Phi) is 9.70. The number of ketones is 4. The van der Waals surface area contributed by atoms with Gasteiger partial charge in [-0.25, -0.2) is 29.5 Å². The summed E-state index contributed by atoms with van der Waals surface area (Å²) in [4.78, 5) is 104. The Hall–Kier alpha value is -5.62. The molecule has 17 heteroatoms. The number of ether oxygens (including phenoxy) is 3. The van der Waals surface area contributed by atoms with Crippen LogP contribution in [-0.4, -0.2) is 56.5 Å². The number of nitrogens with zero attached hydrogens (tertiary/aromatic N) is 4. The molecule has 312 valence electrons. The topological polar surface area (TPSA) is 181 Å². The van der Waals surface area contributed by atoms with Crippen molar-refractivity contribution in [3.63, 3.8) is 0 Å². The summed E-state index contributed by atoms with van der Waals surface area (Å²) >= 11 is 4.59. The summed E-state index contributed by atoms with van der Waals surface area (Å²) in [5.74, 6) is -4.41. The molecule has 4 aliphatic carbocycles. The second kappa shape index (κ2) is 15.3. The van der Waals surface area contributed by atoms with Gasteiger partial charge in [-0.05, 0) is 36.8 Å². The summed E-state index contributed by atoms with van der Waals surface area (Å²) in [5.41, 5.74) is -1.25. The van der Waals surface area contributed by atoms with Crippen molar-refractivity contribution in [3.8, 4) is 15.5 Å². The molecule has 1 aliphatic heterocycles. The molecule has 62 heavy (non-hydrogen) atoms. The normalized spacial score (nSPS) is 22.6. The Balaban J connectivity index is 1.06. The minimum Gasteiger partial charge on any atom is -0.457 e. The van der Waals surface area contributed by atoms with Crippen molar-refractivity contribution in [2.45, 2.75) is 70.2 Å². The summed E-state index contributed by atoms with van der Waals surface area (Å²) in [5, 5.41) is 0.309. The molecule has 5 heterocycles. The maximum atomic E-state index is 15.0. The van der Waals surface area contributed by atoms with Gasteiger partial charge in [-0.15, -0.1) is 22.7 Å². The van der Waals surface area contributed by atoms with E-state index in [1.165, 1.54) is 22.7 Å². The highest BCUT2D eigenvalue weighted by Crippen LogP contribution is 2.61. The molecule has 4 fully saturated rings. The summed E-state index contributed by atoms with van der Waals surface area (Å²) in [6.45, 7) is -0.378. The summed E-state index contributed by atoms with van der Waals surface area (Å²) in [7, 11) is 0. The van der Waals surface area contributed by atoms with E-state index in [1.54, 1.807) is 48.5 Å². The van der Waals surface area contributed by atoms with Crippen LogP contribution in [0.25, 0.3) is 28.8 Å². The van der Waals surface area contributed by atoms with Gasteiger partial charge in [0.1, 0.15) is 27.6 Å². The first-order chi connectivity index (χ1) is 30.2. The highest BCUT2D eigenvalue weighted by molar-refractivity contribution is 7.35. The van der Waals surface area contributed by atoms with Crippen LogP contribution in [0.15, 0.2) is 70.6 Å². The Bertz CT molecular complexity index is 2850. The van der Waals surface area contributed by atoms with Crippen molar-refractivity contribution in [1.82, 2.24) is 9.97 Å². The van der Waals surface area contributed by atoms with Gasteiger partial charge in [0.25, 0.3) is 0 Å². The Morgan fingerprint density at radius 3 is 1.48 bits per heavy atom. The SMILES string of the molecule is O=C1C(=Nc2nc3sc4c(c3s2)OC(C(=O)OCc2ccccc2)(C(=O)OCc2ccccc2)c2c-4sc3nc(N=C4C(=O)C5CCCCC5C4=O)sc23)C(=O)C2CCCCC12. The standard InChI is InChI=1S/C45H34N4O9S4/c50-30-23-15-7-8-16-24(23)31(51)28(30)46-43-48-39-36(61-43)27-35(59-39)37-34(38-40(60-37)49-44(62-38)47-29-32(52)25-17-9-10-18-26(25)33(29)53)58-45(27,41(54)56-19-21-11-3-1-4-12-21)42(55)57-20-22-13-5-2-6-14-22/h1-6,11-14,23-26H,7-10,15-20H2. The molecule has 11 rings (SSSR count). The van der Waals surface area contributed by atoms with Crippen molar-refractivity contribution in [1.29, 1.82) is 0 Å². The maximum absolute atomic E-state index is 15.0. The fourth-order valence-electron chi connectivity index (χ4n) is 9.44. The number of Topliss-reactive ketones (excluding diaryl/α,β-unsaturated/α-hetero) is 4. The Morgan fingerprint density at radius 1 is 0.597 bits per heavy atom. The number of fused-ring (bicyclic) bond motifs is 9. The van der Waals surface area contributed by atoms with Gasteiger partial charge < -0.3 is 14.2 Å². The lowest BCUT2D eigenvalue weighted by Crippen LogP contribution is -2.52. The molecule has 0 bridgehead atoms. The molecule has 0 spiro atoms. The van der Waals surface area contributed by atoms with Gasteiger partial charge in [0.15, 0.2) is 40.3 Å². The van der Waals surface area contributed by atoms with Crippen LogP contribution in [0.1, 0.15) is 68.1 Å². The molecule has 0 saturated heterocycles. The first-order valence-electron chi connectivity index (χ1n) is 20.5. The quantitative estimate of drug-likeness (QED) is 0.105. The molecule has 4 saturated carbocycles. The average Bonchev–Trinajstić information content (AvgIpc) is 4.13. The van der Waals surface area contributed by atoms with Gasteiger partial charge in [-0.2, -0.15) is 0 Å². The van der Waals surface area contributed by atoms with E-state index in [9.17, 15) is 28.8 Å². The fourth-order valence-corrected chi connectivity index (χ4v) is 14.2. The van der Waals surface area contributed by atoms with Gasteiger partial charge in [0.2, 0.25) is 10.3 Å². The first-order valence-corrected chi connectivity index (χ1v) is 23.8. The second-order valence-corrected chi connectivity index (χ2v) is 20.1. The molecular weight excluding hydrogens is 869 g/mol. The van der Waals surface area contributed by atoms with E-state index in [4.69, 9.17) is 24.2 Å². The van der Waals surface area contributed by atoms with Gasteiger partial charge in [0, 0.05) is 23.7 Å². The predicted molar refractivity (Wildman–Crippen MR) is 234 cm³/mol. The van der Waals surface area contributed by atoms with Crippen molar-refractivity contribution in [2.75, 3.05) is 0 Å². The molecule has 4 atom stereocenters. The fraction of sp³-hybridized carbons (Fsp3) is 0.333. The number of aromatic nitrogens is 2. The lowest BCUT2D eigenvalue weighted by atomic mass is 9.81.